The smallest absolute Gasteiger partial charge is 0.175 e. The molecule has 16 heavy (non-hydrogen) atoms. The van der Waals surface area contributed by atoms with Gasteiger partial charge in [0.05, 0.1) is 11.4 Å². The fourth-order valence-corrected chi connectivity index (χ4v) is 1.28. The van der Waals surface area contributed by atoms with Gasteiger partial charge in [-0.05, 0) is 26.2 Å². The maximum absolute atomic E-state index is 5.76. The molecule has 0 aliphatic carbocycles. The second-order valence-electron chi connectivity index (χ2n) is 2.20. The Morgan fingerprint density at radius 2 is 1.25 bits per heavy atom. The molecule has 1 aromatic rings. The van der Waals surface area contributed by atoms with Gasteiger partial charge in [0.2, 0.25) is 0 Å². The van der Waals surface area contributed by atoms with E-state index >= 15 is 0 Å². The minimum Gasteiger partial charge on any atom is -0.351 e. The van der Waals surface area contributed by atoms with Gasteiger partial charge in [-0.1, -0.05) is 23.7 Å². The Kier molecular flexibility index (Phi) is 16.6. The van der Waals surface area contributed by atoms with Crippen molar-refractivity contribution in [2.75, 3.05) is 24.7 Å². The van der Waals surface area contributed by atoms with E-state index in [1.807, 2.05) is 24.3 Å². The van der Waals surface area contributed by atoms with Crippen molar-refractivity contribution in [3.63, 3.8) is 0 Å². The van der Waals surface area contributed by atoms with Gasteiger partial charge in [0, 0.05) is 0 Å². The van der Waals surface area contributed by atoms with E-state index in [0.29, 0.717) is 0 Å². The van der Waals surface area contributed by atoms with Crippen LogP contribution in [0, 0.1) is 0 Å². The Labute approximate surface area is 114 Å². The molecule has 1 aromatic carbocycles. The molecule has 1 heterocycles. The highest BCUT2D eigenvalue weighted by atomic mass is 35.5. The average Bonchev–Trinajstić information content (AvgIpc) is 2.64. The molecule has 0 atom stereocenters. The third-order valence-corrected chi connectivity index (χ3v) is 1.71. The second kappa shape index (κ2) is 12.7. The van der Waals surface area contributed by atoms with Gasteiger partial charge >= 0.3 is 0 Å². The van der Waals surface area contributed by atoms with Crippen molar-refractivity contribution in [1.82, 2.24) is 0 Å². The lowest BCUT2D eigenvalue weighted by Crippen LogP contribution is -2.12. The zero-order valence-electron chi connectivity index (χ0n) is 9.24. The third-order valence-electron chi connectivity index (χ3n) is 1.49. The molecule has 0 unspecified atom stereocenters. The predicted molar refractivity (Wildman–Crippen MR) is 78.0 cm³/mol. The fourth-order valence-electron chi connectivity index (χ4n) is 1.04. The van der Waals surface area contributed by atoms with Gasteiger partial charge in [0.1, 0.15) is 0 Å². The highest BCUT2D eigenvalue weighted by Crippen LogP contribution is 2.28. The fraction of sp³-hybridized carbons (Fsp3) is 0.333. The summed E-state index contributed by atoms with van der Waals surface area (Å²) in [5.74, 6) is 0. The molecule has 4 nitrogen and oxygen atoms in total. The van der Waals surface area contributed by atoms with E-state index in [0.717, 1.165) is 11.4 Å². The molecule has 2 rings (SSSR count). The molecule has 6 N–H and O–H groups in total. The van der Waals surface area contributed by atoms with Crippen molar-refractivity contribution in [3.8, 4) is 0 Å². The first kappa shape index (κ1) is 21.0. The summed E-state index contributed by atoms with van der Waals surface area (Å²) in [6.45, 7) is 0. The Balaban J connectivity index is -0.000000257. The van der Waals surface area contributed by atoms with Crippen molar-refractivity contribution < 1.29 is 0 Å². The Hall–Kier alpha value is -0.390. The lowest BCUT2D eigenvalue weighted by molar-refractivity contribution is 1.19. The predicted octanol–water partition coefficient (Wildman–Crippen LogP) is 2.04. The quantitative estimate of drug-likeness (QED) is 0.435. The van der Waals surface area contributed by atoms with Crippen LogP contribution in [0.15, 0.2) is 24.3 Å². The van der Waals surface area contributed by atoms with E-state index in [9.17, 15) is 0 Å². The van der Waals surface area contributed by atoms with E-state index in [4.69, 9.17) is 11.6 Å². The molecule has 0 spiro atoms. The number of alkyl halides is 1. The van der Waals surface area contributed by atoms with Gasteiger partial charge in [-0.15, -0.1) is 24.8 Å². The number of hydrogen-bond donors (Lipinski definition) is 4. The Morgan fingerprint density at radius 3 is 1.56 bits per heavy atom. The summed E-state index contributed by atoms with van der Waals surface area (Å²) >= 11 is 5.76. The van der Waals surface area contributed by atoms with Crippen molar-refractivity contribution in [1.29, 1.82) is 0 Å². The molecule has 0 saturated carbocycles. The van der Waals surface area contributed by atoms with Crippen LogP contribution in [0.3, 0.4) is 0 Å². The van der Waals surface area contributed by atoms with Crippen LogP contribution in [0.4, 0.5) is 11.4 Å². The maximum Gasteiger partial charge on any atom is 0.175 e. The number of rotatable bonds is 0. The van der Waals surface area contributed by atoms with Crippen LogP contribution < -0.4 is 22.1 Å². The average molecular weight is 290 g/mol. The van der Waals surface area contributed by atoms with E-state index in [2.05, 4.69) is 22.1 Å². The summed E-state index contributed by atoms with van der Waals surface area (Å²) in [7, 11) is 3.00. The zero-order valence-corrected chi connectivity index (χ0v) is 11.6. The number of halogens is 3. The summed E-state index contributed by atoms with van der Waals surface area (Å²) in [6, 6.07) is 7.93. The SMILES string of the molecule is CN.CN.Cl.Cl.ClC1Nc2ccccc2N1. The number of nitrogens with two attached hydrogens (primary N) is 2. The number of para-hydroxylation sites is 2. The number of anilines is 2. The van der Waals surface area contributed by atoms with Crippen molar-refractivity contribution in [2.45, 2.75) is 5.62 Å². The Bertz CT molecular complexity index is 235. The van der Waals surface area contributed by atoms with Crippen LogP contribution in [0.1, 0.15) is 0 Å². The summed E-state index contributed by atoms with van der Waals surface area (Å²) < 4.78 is 0. The van der Waals surface area contributed by atoms with Gasteiger partial charge in [0.15, 0.2) is 5.62 Å². The molecule has 0 aromatic heterocycles. The standard InChI is InChI=1S/C7H7ClN2.2CH5N.2ClH/c8-7-9-5-3-1-2-4-6(5)10-7;2*1-2;;/h1-4,7,9-10H;2*2H2,1H3;2*1H. The molecule has 96 valence electrons. The van der Waals surface area contributed by atoms with Crippen LogP contribution >= 0.6 is 36.4 Å². The molecule has 0 fully saturated rings. The largest absolute Gasteiger partial charge is 0.351 e. The molecule has 0 radical (unpaired) electrons. The first-order chi connectivity index (χ1) is 6.86. The van der Waals surface area contributed by atoms with E-state index in [1.165, 1.54) is 14.1 Å². The topological polar surface area (TPSA) is 76.1 Å². The Morgan fingerprint density at radius 1 is 0.938 bits per heavy atom. The molecule has 1 aliphatic rings. The number of benzene rings is 1. The van der Waals surface area contributed by atoms with Gasteiger partial charge in [0.25, 0.3) is 0 Å². The normalized spacial score (nSPS) is 10.6. The summed E-state index contributed by atoms with van der Waals surface area (Å²) in [4.78, 5) is 0. The number of nitrogens with one attached hydrogen (secondary N) is 2. The first-order valence-corrected chi connectivity index (χ1v) is 4.71. The summed E-state index contributed by atoms with van der Waals surface area (Å²) in [5, 5.41) is 6.10. The molecular weight excluding hydrogens is 270 g/mol. The van der Waals surface area contributed by atoms with Crippen LogP contribution in [0.25, 0.3) is 0 Å². The van der Waals surface area contributed by atoms with E-state index in [1.54, 1.807) is 0 Å². The molecule has 1 aliphatic heterocycles. The second-order valence-corrected chi connectivity index (χ2v) is 2.63. The lowest BCUT2D eigenvalue weighted by Gasteiger charge is -1.98. The van der Waals surface area contributed by atoms with Gasteiger partial charge in [-0.3, -0.25) is 0 Å². The van der Waals surface area contributed by atoms with Crippen molar-refractivity contribution in [3.05, 3.63) is 24.3 Å². The van der Waals surface area contributed by atoms with E-state index < -0.39 is 0 Å². The monoisotopic (exact) mass is 288 g/mol. The highest BCUT2D eigenvalue weighted by Gasteiger charge is 2.14. The first-order valence-electron chi connectivity index (χ1n) is 4.28. The number of hydrogen-bond acceptors (Lipinski definition) is 4. The molecule has 0 amide bonds. The maximum atomic E-state index is 5.76. The number of fused-ring (bicyclic) bond motifs is 1. The van der Waals surface area contributed by atoms with Crippen LogP contribution in [-0.4, -0.2) is 19.7 Å². The molecular formula is C9H19Cl3N4. The molecule has 0 bridgehead atoms. The van der Waals surface area contributed by atoms with Gasteiger partial charge < -0.3 is 22.1 Å². The molecule has 0 saturated heterocycles. The van der Waals surface area contributed by atoms with Crippen LogP contribution in [0.5, 0.6) is 0 Å². The summed E-state index contributed by atoms with van der Waals surface area (Å²) in [6.07, 6.45) is 0. The van der Waals surface area contributed by atoms with Crippen LogP contribution in [0.2, 0.25) is 0 Å². The van der Waals surface area contributed by atoms with Gasteiger partial charge in [-0.2, -0.15) is 0 Å². The van der Waals surface area contributed by atoms with Crippen molar-refractivity contribution >= 4 is 47.8 Å². The minimum absolute atomic E-state index is 0. The minimum atomic E-state index is -0.155. The third kappa shape index (κ3) is 6.25. The van der Waals surface area contributed by atoms with Crippen molar-refractivity contribution in [2.24, 2.45) is 11.5 Å². The lowest BCUT2D eigenvalue weighted by atomic mass is 10.3. The summed E-state index contributed by atoms with van der Waals surface area (Å²) in [5.41, 5.74) is 11.0. The zero-order chi connectivity index (χ0) is 11.0. The van der Waals surface area contributed by atoms with E-state index in [-0.39, 0.29) is 30.4 Å². The molecule has 7 heteroatoms. The van der Waals surface area contributed by atoms with Crippen LogP contribution in [-0.2, 0) is 0 Å². The highest BCUT2D eigenvalue weighted by molar-refractivity contribution is 6.23. The van der Waals surface area contributed by atoms with Gasteiger partial charge in [-0.25, -0.2) is 0 Å².